The van der Waals surface area contributed by atoms with E-state index in [1.165, 1.54) is 12.8 Å². The number of carbonyl (C=O) groups is 2. The summed E-state index contributed by atoms with van der Waals surface area (Å²) in [6.07, 6.45) is 6.76. The fraction of sp³-hybridized carbons (Fsp3) is 0.619. The SMILES string of the molecule is COc1ccc(OCCCC(=O)O[C@H](C)C(=O)NC2CCCCCC2)cc1. The minimum absolute atomic E-state index is 0.204. The molecular formula is C21H31NO5. The summed E-state index contributed by atoms with van der Waals surface area (Å²) in [5.74, 6) is 0.906. The Balaban J connectivity index is 1.61. The van der Waals surface area contributed by atoms with E-state index in [0.29, 0.717) is 13.0 Å². The van der Waals surface area contributed by atoms with Crippen LogP contribution in [0.25, 0.3) is 0 Å². The van der Waals surface area contributed by atoms with Crippen molar-refractivity contribution in [2.24, 2.45) is 0 Å². The molecule has 0 spiro atoms. The van der Waals surface area contributed by atoms with Gasteiger partial charge in [0.2, 0.25) is 0 Å². The van der Waals surface area contributed by atoms with E-state index in [-0.39, 0.29) is 24.3 Å². The molecular weight excluding hydrogens is 346 g/mol. The van der Waals surface area contributed by atoms with Crippen LogP contribution in [0.15, 0.2) is 24.3 Å². The van der Waals surface area contributed by atoms with Crippen molar-refractivity contribution in [2.45, 2.75) is 70.4 Å². The summed E-state index contributed by atoms with van der Waals surface area (Å²) >= 11 is 0. The highest BCUT2D eigenvalue weighted by Gasteiger charge is 2.21. The van der Waals surface area contributed by atoms with Gasteiger partial charge in [-0.25, -0.2) is 0 Å². The van der Waals surface area contributed by atoms with Gasteiger partial charge in [0, 0.05) is 12.5 Å². The summed E-state index contributed by atoms with van der Waals surface area (Å²) in [6.45, 7) is 2.03. The third-order valence-electron chi connectivity index (χ3n) is 4.73. The number of hydrogen-bond acceptors (Lipinski definition) is 5. The lowest BCUT2D eigenvalue weighted by Crippen LogP contribution is -2.41. The fourth-order valence-corrected chi connectivity index (χ4v) is 3.13. The summed E-state index contributed by atoms with van der Waals surface area (Å²) in [5, 5.41) is 3.01. The zero-order valence-electron chi connectivity index (χ0n) is 16.4. The van der Waals surface area contributed by atoms with Crippen LogP contribution < -0.4 is 14.8 Å². The molecule has 2 rings (SSSR count). The number of ether oxygens (including phenoxy) is 3. The third kappa shape index (κ3) is 7.89. The number of amides is 1. The monoisotopic (exact) mass is 377 g/mol. The summed E-state index contributed by atoms with van der Waals surface area (Å²) in [4.78, 5) is 24.1. The topological polar surface area (TPSA) is 73.9 Å². The van der Waals surface area contributed by atoms with E-state index in [4.69, 9.17) is 14.2 Å². The predicted octanol–water partition coefficient (Wildman–Crippen LogP) is 3.62. The van der Waals surface area contributed by atoms with Crippen LogP contribution in [0.3, 0.4) is 0 Å². The molecule has 0 radical (unpaired) electrons. The molecule has 1 fully saturated rings. The number of methoxy groups -OCH3 is 1. The van der Waals surface area contributed by atoms with Crippen LogP contribution in [-0.2, 0) is 14.3 Å². The van der Waals surface area contributed by atoms with Gasteiger partial charge in [-0.2, -0.15) is 0 Å². The molecule has 0 aliphatic heterocycles. The normalized spacial score (nSPS) is 16.1. The van der Waals surface area contributed by atoms with Gasteiger partial charge in [0.25, 0.3) is 5.91 Å². The van der Waals surface area contributed by atoms with E-state index in [2.05, 4.69) is 5.32 Å². The number of carbonyl (C=O) groups excluding carboxylic acids is 2. The Labute approximate surface area is 161 Å². The maximum absolute atomic E-state index is 12.2. The van der Waals surface area contributed by atoms with Gasteiger partial charge < -0.3 is 19.5 Å². The van der Waals surface area contributed by atoms with Gasteiger partial charge in [-0.3, -0.25) is 9.59 Å². The minimum atomic E-state index is -0.761. The van der Waals surface area contributed by atoms with Crippen molar-refractivity contribution in [2.75, 3.05) is 13.7 Å². The number of benzene rings is 1. The first kappa shape index (κ1) is 21.1. The Morgan fingerprint density at radius 1 is 1.07 bits per heavy atom. The highest BCUT2D eigenvalue weighted by molar-refractivity contribution is 5.83. The predicted molar refractivity (Wildman–Crippen MR) is 103 cm³/mol. The van der Waals surface area contributed by atoms with E-state index < -0.39 is 6.10 Å². The minimum Gasteiger partial charge on any atom is -0.497 e. The van der Waals surface area contributed by atoms with Crippen molar-refractivity contribution in [3.8, 4) is 11.5 Å². The van der Waals surface area contributed by atoms with E-state index in [9.17, 15) is 9.59 Å². The molecule has 0 unspecified atom stereocenters. The Bertz CT molecular complexity index is 579. The van der Waals surface area contributed by atoms with Crippen LogP contribution in [0.1, 0.15) is 58.3 Å². The van der Waals surface area contributed by atoms with Crippen LogP contribution in [-0.4, -0.2) is 37.7 Å². The molecule has 27 heavy (non-hydrogen) atoms. The average molecular weight is 377 g/mol. The highest BCUT2D eigenvalue weighted by atomic mass is 16.5. The zero-order chi connectivity index (χ0) is 19.5. The molecule has 0 aromatic heterocycles. The number of rotatable bonds is 9. The van der Waals surface area contributed by atoms with Crippen molar-refractivity contribution in [3.63, 3.8) is 0 Å². The van der Waals surface area contributed by atoms with Gasteiger partial charge in [0.05, 0.1) is 13.7 Å². The first-order valence-electron chi connectivity index (χ1n) is 9.85. The molecule has 1 aliphatic carbocycles. The summed E-state index contributed by atoms with van der Waals surface area (Å²) < 4.78 is 15.9. The fourth-order valence-electron chi connectivity index (χ4n) is 3.13. The molecule has 6 nitrogen and oxygen atoms in total. The van der Waals surface area contributed by atoms with Crippen molar-refractivity contribution in [1.82, 2.24) is 5.32 Å². The molecule has 0 bridgehead atoms. The molecule has 1 aliphatic rings. The summed E-state index contributed by atoms with van der Waals surface area (Å²) in [7, 11) is 1.61. The molecule has 1 amide bonds. The number of hydrogen-bond donors (Lipinski definition) is 1. The van der Waals surface area contributed by atoms with Crippen molar-refractivity contribution in [1.29, 1.82) is 0 Å². The average Bonchev–Trinajstić information content (AvgIpc) is 2.94. The van der Waals surface area contributed by atoms with Gasteiger partial charge in [-0.05, 0) is 50.5 Å². The molecule has 1 saturated carbocycles. The van der Waals surface area contributed by atoms with Crippen LogP contribution in [0.2, 0.25) is 0 Å². The standard InChI is InChI=1S/C21H31NO5/c1-16(21(24)22-17-8-5-3-4-6-9-17)27-20(23)10-7-15-26-19-13-11-18(25-2)12-14-19/h11-14,16-17H,3-10,15H2,1-2H3,(H,22,24)/t16-/m1/s1. The Morgan fingerprint density at radius 3 is 2.33 bits per heavy atom. The lowest BCUT2D eigenvalue weighted by atomic mass is 10.1. The van der Waals surface area contributed by atoms with Crippen LogP contribution >= 0.6 is 0 Å². The van der Waals surface area contributed by atoms with Crippen molar-refractivity contribution < 1.29 is 23.8 Å². The first-order chi connectivity index (χ1) is 13.1. The lowest BCUT2D eigenvalue weighted by molar-refractivity contribution is -0.155. The Kier molecular flexibility index (Phi) is 8.95. The van der Waals surface area contributed by atoms with Crippen molar-refractivity contribution in [3.05, 3.63) is 24.3 Å². The second kappa shape index (κ2) is 11.5. The molecule has 6 heteroatoms. The Hall–Kier alpha value is -2.24. The lowest BCUT2D eigenvalue weighted by Gasteiger charge is -2.19. The quantitative estimate of drug-likeness (QED) is 0.404. The van der Waals surface area contributed by atoms with Crippen LogP contribution in [0.4, 0.5) is 0 Å². The van der Waals surface area contributed by atoms with Crippen LogP contribution in [0.5, 0.6) is 11.5 Å². The zero-order valence-corrected chi connectivity index (χ0v) is 16.4. The van der Waals surface area contributed by atoms with E-state index in [1.807, 2.05) is 24.3 Å². The molecule has 1 aromatic carbocycles. The summed E-state index contributed by atoms with van der Waals surface area (Å²) in [6, 6.07) is 7.48. The second-order valence-corrected chi connectivity index (χ2v) is 6.96. The van der Waals surface area contributed by atoms with Crippen LogP contribution in [0, 0.1) is 0 Å². The molecule has 0 heterocycles. The molecule has 1 aromatic rings. The van der Waals surface area contributed by atoms with Gasteiger partial charge in [-0.1, -0.05) is 25.7 Å². The molecule has 1 atom stereocenters. The maximum atomic E-state index is 12.2. The Morgan fingerprint density at radius 2 is 1.70 bits per heavy atom. The van der Waals surface area contributed by atoms with Gasteiger partial charge >= 0.3 is 5.97 Å². The summed E-state index contributed by atoms with van der Waals surface area (Å²) in [5.41, 5.74) is 0. The first-order valence-corrected chi connectivity index (χ1v) is 9.85. The molecule has 150 valence electrons. The van der Waals surface area contributed by atoms with Gasteiger partial charge in [-0.15, -0.1) is 0 Å². The molecule has 0 saturated heterocycles. The van der Waals surface area contributed by atoms with Gasteiger partial charge in [0.1, 0.15) is 11.5 Å². The third-order valence-corrected chi connectivity index (χ3v) is 4.73. The number of nitrogens with one attached hydrogen (secondary N) is 1. The van der Waals surface area contributed by atoms with E-state index >= 15 is 0 Å². The highest BCUT2D eigenvalue weighted by Crippen LogP contribution is 2.18. The molecule has 1 N–H and O–H groups in total. The largest absolute Gasteiger partial charge is 0.497 e. The van der Waals surface area contributed by atoms with E-state index in [0.717, 1.165) is 37.2 Å². The van der Waals surface area contributed by atoms with Gasteiger partial charge in [0.15, 0.2) is 6.10 Å². The maximum Gasteiger partial charge on any atom is 0.306 e. The second-order valence-electron chi connectivity index (χ2n) is 6.96. The van der Waals surface area contributed by atoms with E-state index in [1.54, 1.807) is 14.0 Å². The number of esters is 1. The van der Waals surface area contributed by atoms with Crippen molar-refractivity contribution >= 4 is 11.9 Å². The smallest absolute Gasteiger partial charge is 0.306 e.